The molecule has 4 rings (SSSR count). The highest BCUT2D eigenvalue weighted by Gasteiger charge is 2.30. The Balaban J connectivity index is 1.51. The molecule has 132 valence electrons. The van der Waals surface area contributed by atoms with Crippen molar-refractivity contribution in [1.82, 2.24) is 4.90 Å². The fraction of sp³-hybridized carbons (Fsp3) is 0.619. The van der Waals surface area contributed by atoms with Crippen molar-refractivity contribution in [2.45, 2.75) is 50.0 Å². The summed E-state index contributed by atoms with van der Waals surface area (Å²) in [5.41, 5.74) is 4.54. The van der Waals surface area contributed by atoms with Crippen LogP contribution in [-0.2, 0) is 0 Å². The van der Waals surface area contributed by atoms with Crippen molar-refractivity contribution in [2.75, 3.05) is 37.0 Å². The Morgan fingerprint density at radius 3 is 2.71 bits per heavy atom. The molecule has 3 heteroatoms. The van der Waals surface area contributed by atoms with Crippen LogP contribution in [-0.4, -0.2) is 54.3 Å². The predicted molar refractivity (Wildman–Crippen MR) is 111 cm³/mol. The minimum Gasteiger partial charge on any atom is -0.384 e. The van der Waals surface area contributed by atoms with E-state index in [9.17, 15) is 0 Å². The van der Waals surface area contributed by atoms with Crippen LogP contribution >= 0.6 is 9.21 Å². The number of anilines is 1. The van der Waals surface area contributed by atoms with Crippen molar-refractivity contribution < 1.29 is 0 Å². The predicted octanol–water partition coefficient (Wildman–Crippen LogP) is 4.23. The number of nitrogens with zero attached hydrogens (tertiary/aromatic N) is 1. The van der Waals surface area contributed by atoms with Gasteiger partial charge in [-0.05, 0) is 80.3 Å². The zero-order valence-corrected chi connectivity index (χ0v) is 15.9. The van der Waals surface area contributed by atoms with Crippen LogP contribution in [0.25, 0.3) is 0 Å². The molecule has 1 aromatic rings. The first-order chi connectivity index (χ1) is 11.5. The van der Waals surface area contributed by atoms with Crippen molar-refractivity contribution in [3.05, 3.63) is 29.3 Å². The molecule has 2 nitrogen and oxygen atoms in total. The monoisotopic (exact) mass is 344 g/mol. The molecule has 2 atom stereocenters. The van der Waals surface area contributed by atoms with Crippen molar-refractivity contribution in [1.29, 1.82) is 0 Å². The first-order valence-corrected chi connectivity index (χ1v) is 11.9. The summed E-state index contributed by atoms with van der Waals surface area (Å²) in [6, 6.07) is 8.03. The largest absolute Gasteiger partial charge is 0.384 e. The highest BCUT2D eigenvalue weighted by atomic mass is 32.2. The average Bonchev–Trinajstić information content (AvgIpc) is 3.14. The first-order valence-electron chi connectivity index (χ1n) is 9.54. The third-order valence-electron chi connectivity index (χ3n) is 6.55. The Morgan fingerprint density at radius 1 is 1.21 bits per heavy atom. The Kier molecular flexibility index (Phi) is 4.42. The van der Waals surface area contributed by atoms with Crippen LogP contribution in [0.5, 0.6) is 0 Å². The number of nitrogens with one attached hydrogen (secondary N) is 1. The standard InChI is InChI=1S/C21H32N2S/c1-23-10-4-5-19(23)13-18-15-22-21-7-6-17(14-20(18)21)16-8-11-24(2,3)12-9-16/h6-7,14,16,18-19,22H,2-5,8-13,15H2,1H3. The first kappa shape index (κ1) is 16.5. The molecule has 0 radical (unpaired) electrons. The number of fused-ring (bicyclic) bond motifs is 1. The molecule has 24 heavy (non-hydrogen) atoms. The highest BCUT2D eigenvalue weighted by Crippen LogP contribution is 2.42. The molecule has 2 unspecified atom stereocenters. The van der Waals surface area contributed by atoms with E-state index < -0.39 is 9.21 Å². The molecular formula is C21H32N2S. The highest BCUT2D eigenvalue weighted by molar-refractivity contribution is 8.27. The third kappa shape index (κ3) is 3.25. The van der Waals surface area contributed by atoms with Crippen LogP contribution in [0.15, 0.2) is 18.2 Å². The van der Waals surface area contributed by atoms with Gasteiger partial charge in [0.1, 0.15) is 0 Å². The van der Waals surface area contributed by atoms with Crippen LogP contribution in [0.1, 0.15) is 55.1 Å². The maximum atomic E-state index is 4.35. The van der Waals surface area contributed by atoms with E-state index >= 15 is 0 Å². The van der Waals surface area contributed by atoms with Gasteiger partial charge in [0.15, 0.2) is 0 Å². The van der Waals surface area contributed by atoms with E-state index in [0.717, 1.165) is 18.5 Å². The molecule has 2 saturated heterocycles. The maximum absolute atomic E-state index is 4.35. The maximum Gasteiger partial charge on any atom is 0.0376 e. The lowest BCUT2D eigenvalue weighted by Crippen LogP contribution is -2.27. The van der Waals surface area contributed by atoms with Gasteiger partial charge in [0.05, 0.1) is 0 Å². The van der Waals surface area contributed by atoms with Crippen LogP contribution in [0.3, 0.4) is 0 Å². The molecule has 1 N–H and O–H groups in total. The fourth-order valence-electron chi connectivity index (χ4n) is 4.86. The van der Waals surface area contributed by atoms with Gasteiger partial charge in [-0.3, -0.25) is 0 Å². The summed E-state index contributed by atoms with van der Waals surface area (Å²) in [5.74, 6) is 12.6. The topological polar surface area (TPSA) is 15.3 Å². The quantitative estimate of drug-likeness (QED) is 0.826. The number of hydrogen-bond donors (Lipinski definition) is 1. The smallest absolute Gasteiger partial charge is 0.0376 e. The molecule has 0 aromatic heterocycles. The molecule has 0 spiro atoms. The van der Waals surface area contributed by atoms with Gasteiger partial charge >= 0.3 is 0 Å². The van der Waals surface area contributed by atoms with Gasteiger partial charge in [0.25, 0.3) is 0 Å². The van der Waals surface area contributed by atoms with Gasteiger partial charge in [-0.15, -0.1) is 0 Å². The lowest BCUT2D eigenvalue weighted by Gasteiger charge is -2.29. The number of likely N-dealkylation sites (tertiary alicyclic amines) is 1. The molecule has 0 bridgehead atoms. The lowest BCUT2D eigenvalue weighted by molar-refractivity contribution is 0.285. The Hall–Kier alpha value is -0.930. The van der Waals surface area contributed by atoms with E-state index in [1.54, 1.807) is 11.1 Å². The van der Waals surface area contributed by atoms with Crippen LogP contribution in [0, 0.1) is 0 Å². The Bertz CT molecular complexity index is 693. The van der Waals surface area contributed by atoms with Gasteiger partial charge in [-0.1, -0.05) is 23.9 Å². The molecule has 0 amide bonds. The molecule has 0 aliphatic carbocycles. The van der Waals surface area contributed by atoms with Gasteiger partial charge in [-0.2, -0.15) is 0 Å². The summed E-state index contributed by atoms with van der Waals surface area (Å²) in [6.45, 7) is 2.40. The van der Waals surface area contributed by atoms with Crippen molar-refractivity contribution in [3.8, 4) is 0 Å². The molecule has 0 saturated carbocycles. The fourth-order valence-corrected chi connectivity index (χ4v) is 6.63. The van der Waals surface area contributed by atoms with E-state index in [0.29, 0.717) is 5.92 Å². The minimum absolute atomic E-state index is 0.694. The van der Waals surface area contributed by atoms with E-state index in [1.165, 1.54) is 55.8 Å². The van der Waals surface area contributed by atoms with Gasteiger partial charge in [-0.25, -0.2) is 9.21 Å². The molecule has 1 aromatic carbocycles. The lowest BCUT2D eigenvalue weighted by atomic mass is 9.87. The molecule has 3 heterocycles. The van der Waals surface area contributed by atoms with Crippen molar-refractivity contribution in [3.63, 3.8) is 0 Å². The zero-order valence-electron chi connectivity index (χ0n) is 15.1. The van der Waals surface area contributed by atoms with Crippen LogP contribution in [0.4, 0.5) is 5.69 Å². The molecule has 3 aliphatic rings. The van der Waals surface area contributed by atoms with Crippen molar-refractivity contribution >= 4 is 26.6 Å². The van der Waals surface area contributed by atoms with Crippen molar-refractivity contribution in [2.24, 2.45) is 0 Å². The molecule has 3 aliphatic heterocycles. The van der Waals surface area contributed by atoms with E-state index in [2.05, 4.69) is 47.2 Å². The summed E-state index contributed by atoms with van der Waals surface area (Å²) < 4.78 is 0. The number of hydrogen-bond acceptors (Lipinski definition) is 2. The number of rotatable bonds is 3. The Labute approximate surface area is 148 Å². The zero-order chi connectivity index (χ0) is 16.7. The third-order valence-corrected chi connectivity index (χ3v) is 8.76. The summed E-state index contributed by atoms with van der Waals surface area (Å²) in [6.07, 6.45) is 6.63. The SMILES string of the molecule is C=S1(=C)CCC(c2ccc3c(c2)C(CC2CCCN2C)CN3)CC1. The normalized spacial score (nSPS) is 30.2. The minimum atomic E-state index is -0.786. The van der Waals surface area contributed by atoms with Crippen LogP contribution in [0.2, 0.25) is 0 Å². The van der Waals surface area contributed by atoms with Crippen LogP contribution < -0.4 is 5.32 Å². The number of benzene rings is 1. The second-order valence-corrected chi connectivity index (χ2v) is 11.6. The summed E-state index contributed by atoms with van der Waals surface area (Å²) in [5, 5.41) is 3.65. The summed E-state index contributed by atoms with van der Waals surface area (Å²) in [7, 11) is 1.51. The molecular weight excluding hydrogens is 312 g/mol. The van der Waals surface area contributed by atoms with E-state index in [-0.39, 0.29) is 0 Å². The van der Waals surface area contributed by atoms with Gasteiger partial charge in [0, 0.05) is 24.2 Å². The second kappa shape index (κ2) is 6.42. The van der Waals surface area contributed by atoms with Gasteiger partial charge in [0.2, 0.25) is 0 Å². The summed E-state index contributed by atoms with van der Waals surface area (Å²) >= 11 is 0. The van der Waals surface area contributed by atoms with Gasteiger partial charge < -0.3 is 10.2 Å². The Morgan fingerprint density at radius 2 is 2.00 bits per heavy atom. The summed E-state index contributed by atoms with van der Waals surface area (Å²) in [4.78, 5) is 2.56. The average molecular weight is 345 g/mol. The van der Waals surface area contributed by atoms with E-state index in [4.69, 9.17) is 0 Å². The van der Waals surface area contributed by atoms with E-state index in [1.807, 2.05) is 0 Å². The second-order valence-electron chi connectivity index (χ2n) is 8.34. The molecule has 2 fully saturated rings.